The lowest BCUT2D eigenvalue weighted by Crippen LogP contribution is -2.31. The van der Waals surface area contributed by atoms with Gasteiger partial charge in [-0.1, -0.05) is 175 Å². The summed E-state index contributed by atoms with van der Waals surface area (Å²) in [5, 5.41) is 1.79. The molecule has 0 bridgehead atoms. The Kier molecular flexibility index (Phi) is 16.7. The van der Waals surface area contributed by atoms with Crippen LogP contribution in [0.3, 0.4) is 0 Å². The van der Waals surface area contributed by atoms with Crippen LogP contribution in [0.15, 0.2) is 189 Å². The van der Waals surface area contributed by atoms with E-state index in [4.69, 9.17) is 27.9 Å². The number of hydrogen-bond donors (Lipinski definition) is 0. The first-order valence-electron chi connectivity index (χ1n) is 29.8. The lowest BCUT2D eigenvalue weighted by molar-refractivity contribution is -0.438. The molecule has 0 saturated heterocycles. The predicted octanol–water partition coefficient (Wildman–Crippen LogP) is 18.4. The van der Waals surface area contributed by atoms with Gasteiger partial charge in [0.25, 0.3) is 0 Å². The van der Waals surface area contributed by atoms with Crippen LogP contribution >= 0.6 is 23.2 Å². The SMILES string of the molecule is CCCC[N+]1=C(/C=C/C2=C(Cl)C(=C\C=C3/N(CCOCCN4/C(=C/C=C5\CCCC(/C=C/C6=[N+](CCCC)c7ccccc7C6(C)C)=C5Cl)C(C)(C)c5ccccc54)c4ccccc4C3(C)C)/CCC2)C(C)(C)c2ccccc21. The summed E-state index contributed by atoms with van der Waals surface area (Å²) >= 11 is 14.8. The van der Waals surface area contributed by atoms with E-state index in [0.717, 1.165) is 100 Å². The summed E-state index contributed by atoms with van der Waals surface area (Å²) in [5.41, 5.74) is 20.2. The van der Waals surface area contributed by atoms with Crippen molar-refractivity contribution in [3.05, 3.63) is 212 Å². The molecule has 0 radical (unpaired) electrons. The molecule has 0 fully saturated rings. The minimum Gasteiger partial charge on any atom is -0.378 e. The van der Waals surface area contributed by atoms with Crippen molar-refractivity contribution < 1.29 is 13.9 Å². The molecule has 0 amide bonds. The maximum absolute atomic E-state index is 7.42. The number of anilines is 2. The van der Waals surface area contributed by atoms with Gasteiger partial charge in [0.05, 0.1) is 24.0 Å². The second-order valence-electron chi connectivity index (χ2n) is 24.8. The van der Waals surface area contributed by atoms with Crippen molar-refractivity contribution in [2.75, 3.05) is 49.2 Å². The third-order valence-corrected chi connectivity index (χ3v) is 19.2. The van der Waals surface area contributed by atoms with Gasteiger partial charge in [0.15, 0.2) is 11.4 Å². The third-order valence-electron chi connectivity index (χ3n) is 18.3. The monoisotopic (exact) mass is 1090 g/mol. The molecule has 7 heteroatoms. The van der Waals surface area contributed by atoms with Gasteiger partial charge in [0.2, 0.25) is 11.4 Å². The molecule has 5 nitrogen and oxygen atoms in total. The van der Waals surface area contributed by atoms with E-state index in [2.05, 4.69) is 234 Å². The number of para-hydroxylation sites is 4. The molecule has 0 aromatic heterocycles. The van der Waals surface area contributed by atoms with Crippen LogP contribution in [-0.4, -0.2) is 60.0 Å². The van der Waals surface area contributed by atoms with Crippen LogP contribution in [-0.2, 0) is 26.4 Å². The summed E-state index contributed by atoms with van der Waals surface area (Å²) in [6.45, 7) is 28.1. The van der Waals surface area contributed by atoms with Crippen molar-refractivity contribution in [2.24, 2.45) is 0 Å². The summed E-state index contributed by atoms with van der Waals surface area (Å²) in [6.07, 6.45) is 29.3. The van der Waals surface area contributed by atoms with Gasteiger partial charge in [-0.2, -0.15) is 9.15 Å². The molecular weight excluding hydrogens is 1010 g/mol. The van der Waals surface area contributed by atoms with Gasteiger partial charge in [-0.15, -0.1) is 0 Å². The van der Waals surface area contributed by atoms with Crippen LogP contribution in [0.4, 0.5) is 22.7 Å². The Morgan fingerprint density at radius 3 is 1.25 bits per heavy atom. The summed E-state index contributed by atoms with van der Waals surface area (Å²) in [4.78, 5) is 4.97. The highest BCUT2D eigenvalue weighted by Crippen LogP contribution is 2.50. The molecule has 6 aliphatic rings. The number of allylic oxidation sites excluding steroid dienone is 16. The molecule has 0 spiro atoms. The standard InChI is InChI=1S/C72H86Cl2N4O/c1-11-13-45-75-59-33-19-15-29-55(59)69(3,4)63(75)41-37-51-25-23-27-53(67(51)73)39-43-65-71(7,8)57-31-17-21-35-61(57)77(65)47-49-79-50-48-78-62-36-22-18-32-58(62)72(9,10)66(78)44-40-54-28-24-26-52(68(54)74)38-42-64-70(5,6)56-30-16-20-34-60(56)76(64)46-14-12-2/h15-22,29-44H,11-14,23-28,45-50H2,1-10H3/q+2. The van der Waals surface area contributed by atoms with Crippen molar-refractivity contribution in [3.8, 4) is 0 Å². The number of nitrogens with zero attached hydrogens (tertiary/aromatic N) is 4. The number of rotatable bonds is 18. The minimum atomic E-state index is -0.191. The highest BCUT2D eigenvalue weighted by Gasteiger charge is 2.46. The predicted molar refractivity (Wildman–Crippen MR) is 337 cm³/mol. The van der Waals surface area contributed by atoms with Crippen molar-refractivity contribution in [1.29, 1.82) is 0 Å². The van der Waals surface area contributed by atoms with E-state index in [0.29, 0.717) is 13.2 Å². The van der Waals surface area contributed by atoms with Gasteiger partial charge in [-0.25, -0.2) is 0 Å². The molecule has 4 aromatic carbocycles. The molecule has 10 rings (SSSR count). The molecule has 4 aromatic rings. The van der Waals surface area contributed by atoms with Gasteiger partial charge in [0, 0.05) is 105 Å². The zero-order valence-corrected chi connectivity index (χ0v) is 50.6. The minimum absolute atomic E-state index is 0.0833. The smallest absolute Gasteiger partial charge is 0.209 e. The number of unbranched alkanes of at least 4 members (excludes halogenated alkanes) is 2. The molecule has 0 unspecified atom stereocenters. The van der Waals surface area contributed by atoms with Crippen molar-refractivity contribution in [3.63, 3.8) is 0 Å². The molecular formula is C72H86Cl2N4O+2. The third kappa shape index (κ3) is 10.7. The molecule has 4 aliphatic heterocycles. The summed E-state index contributed by atoms with van der Waals surface area (Å²) in [6, 6.07) is 35.6. The zero-order valence-electron chi connectivity index (χ0n) is 49.1. The second kappa shape index (κ2) is 23.4. The van der Waals surface area contributed by atoms with E-state index in [1.807, 2.05) is 0 Å². The van der Waals surface area contributed by atoms with Gasteiger partial charge >= 0.3 is 0 Å². The first kappa shape index (κ1) is 56.6. The van der Waals surface area contributed by atoms with Crippen LogP contribution in [0.1, 0.15) is 156 Å². The maximum atomic E-state index is 7.42. The maximum Gasteiger partial charge on any atom is 0.209 e. The lowest BCUT2D eigenvalue weighted by Gasteiger charge is -2.28. The Labute approximate surface area is 484 Å². The van der Waals surface area contributed by atoms with Gasteiger partial charge in [0.1, 0.15) is 13.1 Å². The van der Waals surface area contributed by atoms with Crippen LogP contribution < -0.4 is 9.80 Å². The summed E-state index contributed by atoms with van der Waals surface area (Å²) in [5.74, 6) is 0. The van der Waals surface area contributed by atoms with E-state index < -0.39 is 0 Å². The topological polar surface area (TPSA) is 21.7 Å². The summed E-state index contributed by atoms with van der Waals surface area (Å²) < 4.78 is 11.8. The molecule has 2 aliphatic carbocycles. The average molecular weight is 1090 g/mol. The average Bonchev–Trinajstić information content (AvgIpc) is 4.15. The number of ether oxygens (including phenoxy) is 1. The van der Waals surface area contributed by atoms with Gasteiger partial charge in [-0.3, -0.25) is 0 Å². The Balaban J connectivity index is 0.855. The van der Waals surface area contributed by atoms with Crippen LogP contribution in [0.5, 0.6) is 0 Å². The van der Waals surface area contributed by atoms with Crippen LogP contribution in [0.2, 0.25) is 0 Å². The highest BCUT2D eigenvalue weighted by molar-refractivity contribution is 6.33. The van der Waals surface area contributed by atoms with E-state index in [-0.39, 0.29) is 21.7 Å². The second-order valence-corrected chi connectivity index (χ2v) is 25.6. The lowest BCUT2D eigenvalue weighted by atomic mass is 9.81. The first-order chi connectivity index (χ1) is 38.0. The fourth-order valence-electron chi connectivity index (χ4n) is 13.7. The number of benzene rings is 4. The van der Waals surface area contributed by atoms with Crippen molar-refractivity contribution >= 4 is 57.4 Å². The van der Waals surface area contributed by atoms with Crippen LogP contribution in [0, 0.1) is 0 Å². The number of halogens is 2. The molecule has 0 atom stereocenters. The molecule has 79 heavy (non-hydrogen) atoms. The Morgan fingerprint density at radius 1 is 0.468 bits per heavy atom. The number of hydrogen-bond acceptors (Lipinski definition) is 3. The fraction of sp³-hybridized carbons (Fsp3) is 0.417. The van der Waals surface area contributed by atoms with E-state index >= 15 is 0 Å². The quantitative estimate of drug-likeness (QED) is 0.0732. The number of fused-ring (bicyclic) bond motifs is 4. The van der Waals surface area contributed by atoms with Crippen LogP contribution in [0.25, 0.3) is 0 Å². The Morgan fingerprint density at radius 2 is 0.848 bits per heavy atom. The normalized spacial score (nSPS) is 22.1. The Bertz CT molecular complexity index is 3100. The van der Waals surface area contributed by atoms with Gasteiger partial charge in [-0.05, 0) is 124 Å². The van der Waals surface area contributed by atoms with Gasteiger partial charge < -0.3 is 14.5 Å². The largest absolute Gasteiger partial charge is 0.378 e. The fourth-order valence-corrected chi connectivity index (χ4v) is 14.3. The molecule has 0 saturated carbocycles. The van der Waals surface area contributed by atoms with E-state index in [9.17, 15) is 0 Å². The zero-order chi connectivity index (χ0) is 55.7. The Hall–Kier alpha value is -5.72. The summed E-state index contributed by atoms with van der Waals surface area (Å²) in [7, 11) is 0. The molecule has 0 N–H and O–H groups in total. The first-order valence-corrected chi connectivity index (χ1v) is 30.5. The van der Waals surface area contributed by atoms with Crippen molar-refractivity contribution in [1.82, 2.24) is 0 Å². The highest BCUT2D eigenvalue weighted by atomic mass is 35.5. The molecule has 412 valence electrons. The van der Waals surface area contributed by atoms with E-state index in [1.165, 1.54) is 90.1 Å². The molecule has 4 heterocycles. The van der Waals surface area contributed by atoms with E-state index in [1.54, 1.807) is 0 Å². The van der Waals surface area contributed by atoms with Crippen molar-refractivity contribution in [2.45, 2.75) is 155 Å².